The van der Waals surface area contributed by atoms with Gasteiger partial charge in [-0.1, -0.05) is 20.8 Å². The molecule has 3 atom stereocenters. The number of rotatable bonds is 2. The Morgan fingerprint density at radius 2 is 1.60 bits per heavy atom. The third-order valence-corrected chi connectivity index (χ3v) is 3.98. The van der Waals surface area contributed by atoms with E-state index in [4.69, 9.17) is 0 Å². The standard InChI is InChI=1S/C13H28N.HI/c1-10(2)12-8-7-11(3)9-13(12)14(4,5)6;/h10-13H,7-9H2,1-6H3;1H/q+1;/p-1/t11-,12+,13-;/m1./s1. The minimum atomic E-state index is 0. The molecule has 92 valence electrons. The maximum absolute atomic E-state index is 2.42. The van der Waals surface area contributed by atoms with Crippen LogP contribution in [0, 0.1) is 17.8 Å². The molecule has 0 saturated heterocycles. The van der Waals surface area contributed by atoms with E-state index in [2.05, 4.69) is 41.9 Å². The first kappa shape index (κ1) is 15.7. The minimum Gasteiger partial charge on any atom is -1.00 e. The zero-order valence-corrected chi connectivity index (χ0v) is 13.4. The van der Waals surface area contributed by atoms with E-state index in [1.54, 1.807) is 0 Å². The van der Waals surface area contributed by atoms with Crippen molar-refractivity contribution in [2.75, 3.05) is 21.1 Å². The lowest BCUT2D eigenvalue weighted by Crippen LogP contribution is -3.00. The zero-order valence-electron chi connectivity index (χ0n) is 11.3. The van der Waals surface area contributed by atoms with Gasteiger partial charge in [-0.3, -0.25) is 0 Å². The monoisotopic (exact) mass is 325 g/mol. The van der Waals surface area contributed by atoms with Gasteiger partial charge in [0, 0.05) is 12.3 Å². The summed E-state index contributed by atoms with van der Waals surface area (Å²) >= 11 is 0. The lowest BCUT2D eigenvalue weighted by molar-refractivity contribution is -0.902. The van der Waals surface area contributed by atoms with Crippen LogP contribution in [0.2, 0.25) is 0 Å². The van der Waals surface area contributed by atoms with Gasteiger partial charge in [-0.05, 0) is 24.7 Å². The highest BCUT2D eigenvalue weighted by Crippen LogP contribution is 2.37. The van der Waals surface area contributed by atoms with Crippen molar-refractivity contribution >= 4 is 0 Å². The van der Waals surface area contributed by atoms with E-state index in [0.29, 0.717) is 0 Å². The summed E-state index contributed by atoms with van der Waals surface area (Å²) in [6.07, 6.45) is 4.31. The van der Waals surface area contributed by atoms with Gasteiger partial charge in [0.15, 0.2) is 0 Å². The number of hydrogen-bond donors (Lipinski definition) is 0. The second-order valence-electron chi connectivity index (χ2n) is 6.51. The first-order valence-electron chi connectivity index (χ1n) is 6.13. The van der Waals surface area contributed by atoms with Crippen LogP contribution in [0.4, 0.5) is 0 Å². The van der Waals surface area contributed by atoms with Crippen LogP contribution in [0.3, 0.4) is 0 Å². The van der Waals surface area contributed by atoms with E-state index < -0.39 is 0 Å². The van der Waals surface area contributed by atoms with E-state index in [1.807, 2.05) is 0 Å². The largest absolute Gasteiger partial charge is 1.00 e. The second kappa shape index (κ2) is 5.85. The molecule has 0 heterocycles. The Balaban J connectivity index is 0.00000196. The van der Waals surface area contributed by atoms with Gasteiger partial charge in [-0.15, -0.1) is 0 Å². The third kappa shape index (κ3) is 4.22. The first-order chi connectivity index (χ1) is 6.32. The zero-order chi connectivity index (χ0) is 10.9. The third-order valence-electron chi connectivity index (χ3n) is 3.98. The fourth-order valence-corrected chi connectivity index (χ4v) is 3.04. The lowest BCUT2D eigenvalue weighted by atomic mass is 9.73. The molecule has 0 aliphatic heterocycles. The molecule has 0 aromatic rings. The molecule has 0 amide bonds. The van der Waals surface area contributed by atoms with Crippen molar-refractivity contribution in [3.63, 3.8) is 0 Å². The molecule has 15 heavy (non-hydrogen) atoms. The van der Waals surface area contributed by atoms with E-state index >= 15 is 0 Å². The normalized spacial score (nSPS) is 32.6. The molecule has 0 unspecified atom stereocenters. The van der Waals surface area contributed by atoms with E-state index in [0.717, 1.165) is 28.3 Å². The lowest BCUT2D eigenvalue weighted by Gasteiger charge is -2.45. The number of nitrogens with zero attached hydrogens (tertiary/aromatic N) is 1. The van der Waals surface area contributed by atoms with E-state index in [-0.39, 0.29) is 24.0 Å². The molecular weight excluding hydrogens is 297 g/mol. The molecule has 0 spiro atoms. The van der Waals surface area contributed by atoms with Gasteiger partial charge in [0.1, 0.15) is 0 Å². The van der Waals surface area contributed by atoms with Gasteiger partial charge < -0.3 is 28.5 Å². The van der Waals surface area contributed by atoms with Crippen LogP contribution < -0.4 is 24.0 Å². The highest BCUT2D eigenvalue weighted by Gasteiger charge is 2.38. The van der Waals surface area contributed by atoms with Crippen molar-refractivity contribution < 1.29 is 28.5 Å². The molecule has 0 bridgehead atoms. The van der Waals surface area contributed by atoms with E-state index in [9.17, 15) is 0 Å². The van der Waals surface area contributed by atoms with Crippen LogP contribution in [-0.4, -0.2) is 31.7 Å². The van der Waals surface area contributed by atoms with Crippen molar-refractivity contribution in [3.05, 3.63) is 0 Å². The number of halogens is 1. The van der Waals surface area contributed by atoms with Gasteiger partial charge in [0.05, 0.1) is 27.2 Å². The van der Waals surface area contributed by atoms with Gasteiger partial charge in [-0.2, -0.15) is 0 Å². The quantitative estimate of drug-likeness (QED) is 0.501. The Kier molecular flexibility index (Phi) is 6.12. The molecule has 1 nitrogen and oxygen atoms in total. The summed E-state index contributed by atoms with van der Waals surface area (Å²) in [6, 6.07) is 0.874. The van der Waals surface area contributed by atoms with Crippen molar-refractivity contribution in [1.29, 1.82) is 0 Å². The van der Waals surface area contributed by atoms with Crippen LogP contribution >= 0.6 is 0 Å². The summed E-state index contributed by atoms with van der Waals surface area (Å²) < 4.78 is 1.15. The number of hydrogen-bond acceptors (Lipinski definition) is 0. The Bertz CT molecular complexity index is 183. The van der Waals surface area contributed by atoms with Crippen LogP contribution in [0.1, 0.15) is 40.0 Å². The van der Waals surface area contributed by atoms with E-state index in [1.165, 1.54) is 19.3 Å². The molecule has 2 heteroatoms. The maximum Gasteiger partial charge on any atom is 0.0917 e. The van der Waals surface area contributed by atoms with Crippen molar-refractivity contribution in [1.82, 2.24) is 0 Å². The van der Waals surface area contributed by atoms with Crippen molar-refractivity contribution in [2.24, 2.45) is 17.8 Å². The molecule has 1 aliphatic carbocycles. The van der Waals surface area contributed by atoms with Gasteiger partial charge in [0.2, 0.25) is 0 Å². The molecule has 1 fully saturated rings. The molecule has 1 rings (SSSR count). The van der Waals surface area contributed by atoms with Gasteiger partial charge in [-0.25, -0.2) is 0 Å². The highest BCUT2D eigenvalue weighted by molar-refractivity contribution is 4.81. The predicted octanol–water partition coefficient (Wildman–Crippen LogP) is 0.157. The fraction of sp³-hybridized carbons (Fsp3) is 1.00. The highest BCUT2D eigenvalue weighted by atomic mass is 127. The summed E-state index contributed by atoms with van der Waals surface area (Å²) in [5.74, 6) is 2.73. The average Bonchev–Trinajstić information content (AvgIpc) is 2.01. The molecule has 0 aromatic heterocycles. The smallest absolute Gasteiger partial charge is 0.0917 e. The van der Waals surface area contributed by atoms with Crippen LogP contribution in [-0.2, 0) is 0 Å². The summed E-state index contributed by atoms with van der Waals surface area (Å²) in [7, 11) is 7.08. The summed E-state index contributed by atoms with van der Waals surface area (Å²) in [5, 5.41) is 0. The Morgan fingerprint density at radius 1 is 1.07 bits per heavy atom. The predicted molar refractivity (Wildman–Crippen MR) is 63.2 cm³/mol. The van der Waals surface area contributed by atoms with Crippen LogP contribution in [0.25, 0.3) is 0 Å². The molecule has 0 radical (unpaired) electrons. The van der Waals surface area contributed by atoms with Crippen LogP contribution in [0.5, 0.6) is 0 Å². The molecular formula is C13H28IN. The Labute approximate surface area is 113 Å². The average molecular weight is 325 g/mol. The van der Waals surface area contributed by atoms with Crippen molar-refractivity contribution in [3.8, 4) is 0 Å². The Morgan fingerprint density at radius 3 is 2.00 bits per heavy atom. The topological polar surface area (TPSA) is 0 Å². The summed E-state index contributed by atoms with van der Waals surface area (Å²) in [4.78, 5) is 0. The molecule has 1 saturated carbocycles. The second-order valence-corrected chi connectivity index (χ2v) is 6.51. The number of quaternary nitrogens is 1. The van der Waals surface area contributed by atoms with Crippen molar-refractivity contribution in [2.45, 2.75) is 46.1 Å². The summed E-state index contributed by atoms with van der Waals surface area (Å²) in [5.41, 5.74) is 0. The summed E-state index contributed by atoms with van der Waals surface area (Å²) in [6.45, 7) is 7.20. The maximum atomic E-state index is 2.42. The molecule has 0 aromatic carbocycles. The Hall–Kier alpha value is 0.690. The SMILES string of the molecule is CC(C)[C@@H]1CC[C@@H](C)C[C@H]1[N+](C)(C)C.[I-]. The van der Waals surface area contributed by atoms with Crippen LogP contribution in [0.15, 0.2) is 0 Å². The fourth-order valence-electron chi connectivity index (χ4n) is 3.04. The van der Waals surface area contributed by atoms with Gasteiger partial charge >= 0.3 is 0 Å². The molecule has 0 N–H and O–H groups in total. The minimum absolute atomic E-state index is 0. The first-order valence-corrected chi connectivity index (χ1v) is 6.13. The molecule has 1 aliphatic rings. The van der Waals surface area contributed by atoms with Gasteiger partial charge in [0.25, 0.3) is 0 Å².